The summed E-state index contributed by atoms with van der Waals surface area (Å²) in [6.07, 6.45) is 0. The zero-order valence-corrected chi connectivity index (χ0v) is 16.3. The van der Waals surface area contributed by atoms with Crippen LogP contribution in [0.25, 0.3) is 32.7 Å². The molecular weight excluding hydrogens is 352 g/mol. The standard InChI is InChI=1S/C24H22O4/c1-13-9-15-5-7-17(23(27-3)21(15)19(25)11-13)18-8-6-16-10-14(2)12-20(26)22(16)24(18)28-4/h5-12,25-26H,1-4H3. The summed E-state index contributed by atoms with van der Waals surface area (Å²) in [5, 5.41) is 24.2. The van der Waals surface area contributed by atoms with Gasteiger partial charge in [-0.2, -0.15) is 0 Å². The summed E-state index contributed by atoms with van der Waals surface area (Å²) < 4.78 is 11.4. The summed E-state index contributed by atoms with van der Waals surface area (Å²) in [4.78, 5) is 0. The van der Waals surface area contributed by atoms with Crippen LogP contribution >= 0.6 is 0 Å². The smallest absolute Gasteiger partial charge is 0.138 e. The highest BCUT2D eigenvalue weighted by Crippen LogP contribution is 2.47. The summed E-state index contributed by atoms with van der Waals surface area (Å²) in [7, 11) is 3.18. The van der Waals surface area contributed by atoms with Crippen LogP contribution in [0, 0.1) is 13.8 Å². The number of aryl methyl sites for hydroxylation is 2. The highest BCUT2D eigenvalue weighted by atomic mass is 16.5. The second-order valence-electron chi connectivity index (χ2n) is 7.06. The molecule has 0 saturated carbocycles. The van der Waals surface area contributed by atoms with Gasteiger partial charge in [0.05, 0.1) is 25.0 Å². The molecule has 2 N–H and O–H groups in total. The van der Waals surface area contributed by atoms with E-state index in [1.165, 1.54) is 0 Å². The zero-order valence-electron chi connectivity index (χ0n) is 16.3. The van der Waals surface area contributed by atoms with Crippen molar-refractivity contribution in [1.82, 2.24) is 0 Å². The fraction of sp³-hybridized carbons (Fsp3) is 0.167. The number of aromatic hydroxyl groups is 2. The Bertz CT molecular complexity index is 1130. The fourth-order valence-corrected chi connectivity index (χ4v) is 3.96. The van der Waals surface area contributed by atoms with Gasteiger partial charge >= 0.3 is 0 Å². The van der Waals surface area contributed by atoms with Gasteiger partial charge in [0.2, 0.25) is 0 Å². The van der Waals surface area contributed by atoms with Crippen molar-refractivity contribution in [2.24, 2.45) is 0 Å². The van der Waals surface area contributed by atoms with E-state index in [9.17, 15) is 10.2 Å². The minimum Gasteiger partial charge on any atom is -0.507 e. The van der Waals surface area contributed by atoms with Crippen LogP contribution in [-0.4, -0.2) is 24.4 Å². The van der Waals surface area contributed by atoms with Crippen LogP contribution < -0.4 is 9.47 Å². The van der Waals surface area contributed by atoms with Crippen LogP contribution in [-0.2, 0) is 0 Å². The average molecular weight is 374 g/mol. The Kier molecular flexibility index (Phi) is 4.27. The number of methoxy groups -OCH3 is 2. The molecule has 0 saturated heterocycles. The monoisotopic (exact) mass is 374 g/mol. The molecule has 0 amide bonds. The van der Waals surface area contributed by atoms with E-state index in [4.69, 9.17) is 9.47 Å². The molecule has 0 unspecified atom stereocenters. The third kappa shape index (κ3) is 2.69. The number of fused-ring (bicyclic) bond motifs is 2. The molecule has 142 valence electrons. The van der Waals surface area contributed by atoms with Gasteiger partial charge in [0, 0.05) is 11.1 Å². The lowest BCUT2D eigenvalue weighted by Crippen LogP contribution is -1.95. The van der Waals surface area contributed by atoms with E-state index in [2.05, 4.69) is 0 Å². The molecule has 4 nitrogen and oxygen atoms in total. The maximum absolute atomic E-state index is 10.6. The minimum atomic E-state index is 0.173. The van der Waals surface area contributed by atoms with Crippen molar-refractivity contribution in [3.8, 4) is 34.1 Å². The summed E-state index contributed by atoms with van der Waals surface area (Å²) >= 11 is 0. The third-order valence-electron chi connectivity index (χ3n) is 5.09. The van der Waals surface area contributed by atoms with Gasteiger partial charge in [-0.05, 0) is 60.0 Å². The molecule has 0 radical (unpaired) electrons. The van der Waals surface area contributed by atoms with E-state index >= 15 is 0 Å². The topological polar surface area (TPSA) is 58.9 Å². The average Bonchev–Trinajstić information content (AvgIpc) is 2.65. The van der Waals surface area contributed by atoms with E-state index in [1.54, 1.807) is 26.4 Å². The van der Waals surface area contributed by atoms with Gasteiger partial charge in [-0.3, -0.25) is 0 Å². The summed E-state index contributed by atoms with van der Waals surface area (Å²) in [5.41, 5.74) is 3.52. The van der Waals surface area contributed by atoms with Gasteiger partial charge in [-0.25, -0.2) is 0 Å². The van der Waals surface area contributed by atoms with Crippen molar-refractivity contribution in [2.45, 2.75) is 13.8 Å². The Morgan fingerprint density at radius 3 is 1.36 bits per heavy atom. The largest absolute Gasteiger partial charge is 0.507 e. The van der Waals surface area contributed by atoms with Crippen molar-refractivity contribution in [2.75, 3.05) is 14.2 Å². The lowest BCUT2D eigenvalue weighted by molar-refractivity contribution is 0.411. The van der Waals surface area contributed by atoms with Crippen molar-refractivity contribution in [3.63, 3.8) is 0 Å². The lowest BCUT2D eigenvalue weighted by atomic mass is 9.94. The molecule has 28 heavy (non-hydrogen) atoms. The minimum absolute atomic E-state index is 0.173. The number of phenols is 2. The number of hydrogen-bond donors (Lipinski definition) is 2. The van der Waals surface area contributed by atoms with Crippen molar-refractivity contribution >= 4 is 21.5 Å². The Morgan fingerprint density at radius 2 is 1.00 bits per heavy atom. The van der Waals surface area contributed by atoms with Crippen molar-refractivity contribution in [3.05, 3.63) is 59.7 Å². The molecule has 0 heterocycles. The molecule has 0 aliphatic rings. The second kappa shape index (κ2) is 6.64. The van der Waals surface area contributed by atoms with E-state index in [-0.39, 0.29) is 11.5 Å². The summed E-state index contributed by atoms with van der Waals surface area (Å²) in [6.45, 7) is 3.88. The first-order valence-corrected chi connectivity index (χ1v) is 9.05. The van der Waals surface area contributed by atoms with Crippen LogP contribution in [0.1, 0.15) is 11.1 Å². The van der Waals surface area contributed by atoms with Crippen molar-refractivity contribution in [1.29, 1.82) is 0 Å². The highest BCUT2D eigenvalue weighted by molar-refractivity contribution is 6.04. The van der Waals surface area contributed by atoms with Gasteiger partial charge in [0.1, 0.15) is 23.0 Å². The van der Waals surface area contributed by atoms with Crippen molar-refractivity contribution < 1.29 is 19.7 Å². The van der Waals surface area contributed by atoms with Gasteiger partial charge in [-0.15, -0.1) is 0 Å². The lowest BCUT2D eigenvalue weighted by Gasteiger charge is -2.18. The number of rotatable bonds is 3. The van der Waals surface area contributed by atoms with E-state index in [1.807, 2.05) is 50.2 Å². The maximum atomic E-state index is 10.6. The Morgan fingerprint density at radius 1 is 0.607 bits per heavy atom. The number of hydrogen-bond acceptors (Lipinski definition) is 4. The Labute approximate surface area is 163 Å². The molecule has 0 atom stereocenters. The molecule has 0 aliphatic carbocycles. The van der Waals surface area contributed by atoms with Gasteiger partial charge in [-0.1, -0.05) is 24.3 Å². The maximum Gasteiger partial charge on any atom is 0.138 e. The van der Waals surface area contributed by atoms with Crippen LogP contribution in [0.15, 0.2) is 48.5 Å². The molecule has 0 fully saturated rings. The van der Waals surface area contributed by atoms with Gasteiger partial charge in [0.25, 0.3) is 0 Å². The predicted octanol–water partition coefficient (Wildman–Crippen LogP) is 5.71. The molecule has 4 heteroatoms. The van der Waals surface area contributed by atoms with Gasteiger partial charge < -0.3 is 19.7 Å². The predicted molar refractivity (Wildman–Crippen MR) is 113 cm³/mol. The normalized spacial score (nSPS) is 11.1. The molecule has 0 aliphatic heterocycles. The summed E-state index contributed by atoms with van der Waals surface area (Å²) in [6, 6.07) is 15.3. The van der Waals surface area contributed by atoms with Crippen LogP contribution in [0.5, 0.6) is 23.0 Å². The van der Waals surface area contributed by atoms with E-state index < -0.39 is 0 Å². The molecule has 4 rings (SSSR count). The second-order valence-corrected chi connectivity index (χ2v) is 7.06. The van der Waals surface area contributed by atoms with Crippen LogP contribution in [0.4, 0.5) is 0 Å². The van der Waals surface area contributed by atoms with Crippen LogP contribution in [0.2, 0.25) is 0 Å². The quantitative estimate of drug-likeness (QED) is 0.482. The molecule has 0 aromatic heterocycles. The van der Waals surface area contributed by atoms with E-state index in [0.29, 0.717) is 22.3 Å². The molecule has 4 aromatic rings. The van der Waals surface area contributed by atoms with E-state index in [0.717, 1.165) is 33.0 Å². The Balaban J connectivity index is 2.09. The Hall–Kier alpha value is -3.40. The van der Waals surface area contributed by atoms with Gasteiger partial charge in [0.15, 0.2) is 0 Å². The third-order valence-corrected chi connectivity index (χ3v) is 5.09. The fourth-order valence-electron chi connectivity index (χ4n) is 3.96. The molecule has 0 bridgehead atoms. The SMILES string of the molecule is COc1c(-c2ccc3cc(C)cc(O)c3c2OC)ccc2cc(C)cc(O)c12. The number of phenolic OH excluding ortho intramolecular Hbond substituents is 2. The van der Waals surface area contributed by atoms with Crippen LogP contribution in [0.3, 0.4) is 0 Å². The molecule has 0 spiro atoms. The number of benzene rings is 4. The molecule has 4 aromatic carbocycles. The number of ether oxygens (including phenoxy) is 2. The zero-order chi connectivity index (χ0) is 20.0. The summed E-state index contributed by atoms with van der Waals surface area (Å²) in [5.74, 6) is 1.48. The molecular formula is C24H22O4. The first-order chi connectivity index (χ1) is 13.4. The first kappa shape index (κ1) is 18.0. The first-order valence-electron chi connectivity index (χ1n) is 9.05. The highest BCUT2D eigenvalue weighted by Gasteiger charge is 2.19.